The van der Waals surface area contributed by atoms with E-state index >= 15 is 0 Å². The quantitative estimate of drug-likeness (QED) is 0.298. The van der Waals surface area contributed by atoms with E-state index < -0.39 is 12.0 Å². The van der Waals surface area contributed by atoms with Gasteiger partial charge in [-0.2, -0.15) is 0 Å². The number of fused-ring (bicyclic) bond motifs is 2. The number of rotatable bonds is 9. The van der Waals surface area contributed by atoms with Gasteiger partial charge in [0.25, 0.3) is 5.56 Å². The van der Waals surface area contributed by atoms with Crippen molar-refractivity contribution in [2.45, 2.75) is 26.8 Å². The molecular formula is C29H28N2O7S. The number of benzene rings is 2. The molecular weight excluding hydrogens is 520 g/mol. The molecule has 0 aliphatic carbocycles. The minimum absolute atomic E-state index is 0.165. The third-order valence-corrected chi connectivity index (χ3v) is 7.13. The van der Waals surface area contributed by atoms with Crippen LogP contribution < -0.4 is 33.8 Å². The van der Waals surface area contributed by atoms with Crippen LogP contribution in [0.1, 0.15) is 37.9 Å². The standard InChI is InChI=1S/C29H28N2O7S/c1-5-12-36-20-11-9-19(15-23(20)34-6-2)26-25(28(33)35-7-3)17(4)30-29-31(26)27(32)24(39-29)14-18-8-10-21-22(13-18)38-16-37-21/h5,8-11,13-15,26H,1,6-7,12,16H2,2-4H3. The summed E-state index contributed by atoms with van der Waals surface area (Å²) in [6, 6.07) is 10.1. The second-order valence-electron chi connectivity index (χ2n) is 8.65. The number of nitrogens with zero attached hydrogens (tertiary/aromatic N) is 2. The summed E-state index contributed by atoms with van der Waals surface area (Å²) in [5, 5.41) is 0. The molecule has 2 aliphatic rings. The minimum atomic E-state index is -0.771. The van der Waals surface area contributed by atoms with Gasteiger partial charge in [0.2, 0.25) is 6.79 Å². The van der Waals surface area contributed by atoms with Crippen LogP contribution in [0.4, 0.5) is 0 Å². The summed E-state index contributed by atoms with van der Waals surface area (Å²) >= 11 is 1.25. The molecule has 3 heterocycles. The third kappa shape index (κ3) is 5.07. The highest BCUT2D eigenvalue weighted by molar-refractivity contribution is 7.07. The number of esters is 1. The Morgan fingerprint density at radius 2 is 1.95 bits per heavy atom. The first-order valence-corrected chi connectivity index (χ1v) is 13.4. The zero-order valence-electron chi connectivity index (χ0n) is 21.9. The molecule has 0 N–H and O–H groups in total. The molecule has 2 aromatic carbocycles. The maximum Gasteiger partial charge on any atom is 0.338 e. The van der Waals surface area contributed by atoms with Crippen molar-refractivity contribution in [1.82, 2.24) is 4.57 Å². The fraction of sp³-hybridized carbons (Fsp3) is 0.276. The Morgan fingerprint density at radius 3 is 2.72 bits per heavy atom. The van der Waals surface area contributed by atoms with Gasteiger partial charge in [0, 0.05) is 0 Å². The lowest BCUT2D eigenvalue weighted by Gasteiger charge is -2.25. The van der Waals surface area contributed by atoms with E-state index in [9.17, 15) is 9.59 Å². The molecule has 0 radical (unpaired) electrons. The number of carbonyl (C=O) groups excluding carboxylic acids is 1. The topological polar surface area (TPSA) is 97.6 Å². The lowest BCUT2D eigenvalue weighted by molar-refractivity contribution is -0.139. The van der Waals surface area contributed by atoms with E-state index in [-0.39, 0.29) is 19.0 Å². The van der Waals surface area contributed by atoms with Gasteiger partial charge in [0.15, 0.2) is 27.8 Å². The minimum Gasteiger partial charge on any atom is -0.490 e. The summed E-state index contributed by atoms with van der Waals surface area (Å²) in [5.74, 6) is 1.79. The van der Waals surface area contributed by atoms with Gasteiger partial charge in [-0.15, -0.1) is 0 Å². The third-order valence-electron chi connectivity index (χ3n) is 6.15. The van der Waals surface area contributed by atoms with Crippen LogP contribution in [0.5, 0.6) is 23.0 Å². The molecule has 2 aliphatic heterocycles. The highest BCUT2D eigenvalue weighted by atomic mass is 32.1. The van der Waals surface area contributed by atoms with Gasteiger partial charge >= 0.3 is 5.97 Å². The van der Waals surface area contributed by atoms with Crippen LogP contribution in [0.3, 0.4) is 0 Å². The summed E-state index contributed by atoms with van der Waals surface area (Å²) in [5.41, 5.74) is 1.95. The van der Waals surface area contributed by atoms with Gasteiger partial charge in [-0.05, 0) is 62.2 Å². The summed E-state index contributed by atoms with van der Waals surface area (Å²) in [7, 11) is 0. The lowest BCUT2D eigenvalue weighted by Crippen LogP contribution is -2.40. The van der Waals surface area contributed by atoms with Crippen LogP contribution in [0.2, 0.25) is 0 Å². The van der Waals surface area contributed by atoms with Crippen molar-refractivity contribution in [3.05, 3.63) is 91.1 Å². The highest BCUT2D eigenvalue weighted by Crippen LogP contribution is 2.36. The van der Waals surface area contributed by atoms with Crippen molar-refractivity contribution in [2.24, 2.45) is 4.99 Å². The zero-order chi connectivity index (χ0) is 27.5. The number of allylic oxidation sites excluding steroid dienone is 1. The Kier molecular flexibility index (Phi) is 7.56. The van der Waals surface area contributed by atoms with E-state index in [0.717, 1.165) is 5.56 Å². The highest BCUT2D eigenvalue weighted by Gasteiger charge is 2.34. The van der Waals surface area contributed by atoms with Crippen molar-refractivity contribution >= 4 is 23.4 Å². The Hall–Kier alpha value is -4.31. The second-order valence-corrected chi connectivity index (χ2v) is 9.66. The van der Waals surface area contributed by atoms with Crippen LogP contribution >= 0.6 is 11.3 Å². The normalized spacial score (nSPS) is 16.0. The van der Waals surface area contributed by atoms with E-state index in [1.807, 2.05) is 31.2 Å². The van der Waals surface area contributed by atoms with Gasteiger partial charge in [0.1, 0.15) is 6.61 Å². The summed E-state index contributed by atoms with van der Waals surface area (Å²) < 4.78 is 29.9. The molecule has 0 amide bonds. The number of carbonyl (C=O) groups is 1. The molecule has 10 heteroatoms. The number of hydrogen-bond donors (Lipinski definition) is 0. The summed E-state index contributed by atoms with van der Waals surface area (Å²) in [4.78, 5) is 32.2. The van der Waals surface area contributed by atoms with Crippen LogP contribution in [-0.4, -0.2) is 37.1 Å². The van der Waals surface area contributed by atoms with E-state index in [1.54, 1.807) is 38.1 Å². The van der Waals surface area contributed by atoms with Gasteiger partial charge in [-0.1, -0.05) is 36.1 Å². The smallest absolute Gasteiger partial charge is 0.338 e. The molecule has 5 rings (SSSR count). The largest absolute Gasteiger partial charge is 0.490 e. The number of aromatic nitrogens is 1. The average Bonchev–Trinajstić information content (AvgIpc) is 3.51. The first-order chi connectivity index (χ1) is 18.9. The molecule has 202 valence electrons. The second kappa shape index (κ2) is 11.2. The van der Waals surface area contributed by atoms with Crippen molar-refractivity contribution in [3.8, 4) is 23.0 Å². The molecule has 1 aromatic heterocycles. The molecule has 0 fully saturated rings. The SMILES string of the molecule is C=CCOc1ccc(C2C(C(=O)OCC)=C(C)N=c3sc(=Cc4ccc5c(c4)OCO5)c(=O)n32)cc1OCC. The molecule has 1 atom stereocenters. The fourth-order valence-electron chi connectivity index (χ4n) is 4.49. The average molecular weight is 549 g/mol. The van der Waals surface area contributed by atoms with Crippen LogP contribution in [-0.2, 0) is 9.53 Å². The Morgan fingerprint density at radius 1 is 1.13 bits per heavy atom. The Bertz CT molecular complexity index is 1650. The Balaban J connectivity index is 1.67. The van der Waals surface area contributed by atoms with Gasteiger partial charge in [0.05, 0.1) is 35.1 Å². The maximum atomic E-state index is 13.9. The monoisotopic (exact) mass is 548 g/mol. The fourth-order valence-corrected chi connectivity index (χ4v) is 5.54. The van der Waals surface area contributed by atoms with Crippen molar-refractivity contribution < 1.29 is 28.5 Å². The lowest BCUT2D eigenvalue weighted by atomic mass is 9.95. The first kappa shape index (κ1) is 26.3. The van der Waals surface area contributed by atoms with Crippen molar-refractivity contribution in [3.63, 3.8) is 0 Å². The first-order valence-electron chi connectivity index (χ1n) is 12.5. The maximum absolute atomic E-state index is 13.9. The Labute approximate surface area is 228 Å². The van der Waals surface area contributed by atoms with Gasteiger partial charge in [-0.25, -0.2) is 9.79 Å². The molecule has 39 heavy (non-hydrogen) atoms. The van der Waals surface area contributed by atoms with E-state index in [4.69, 9.17) is 23.7 Å². The van der Waals surface area contributed by atoms with Gasteiger partial charge in [-0.3, -0.25) is 9.36 Å². The van der Waals surface area contributed by atoms with E-state index in [2.05, 4.69) is 11.6 Å². The van der Waals surface area contributed by atoms with Crippen molar-refractivity contribution in [1.29, 1.82) is 0 Å². The van der Waals surface area contributed by atoms with Crippen LogP contribution in [0.15, 0.2) is 70.1 Å². The molecule has 0 saturated carbocycles. The van der Waals surface area contributed by atoms with E-state index in [0.29, 0.717) is 62.4 Å². The van der Waals surface area contributed by atoms with E-state index in [1.165, 1.54) is 15.9 Å². The number of ether oxygens (including phenoxy) is 5. The summed E-state index contributed by atoms with van der Waals surface area (Å²) in [6.45, 7) is 10.1. The van der Waals surface area contributed by atoms with Crippen LogP contribution in [0, 0.1) is 0 Å². The molecule has 0 bridgehead atoms. The number of thiazole rings is 1. The molecule has 0 spiro atoms. The van der Waals surface area contributed by atoms with Crippen molar-refractivity contribution in [2.75, 3.05) is 26.6 Å². The van der Waals surface area contributed by atoms with Gasteiger partial charge < -0.3 is 23.7 Å². The molecule has 3 aromatic rings. The zero-order valence-corrected chi connectivity index (χ0v) is 22.7. The summed E-state index contributed by atoms with van der Waals surface area (Å²) in [6.07, 6.45) is 3.43. The predicted octanol–water partition coefficient (Wildman–Crippen LogP) is 3.49. The predicted molar refractivity (Wildman–Crippen MR) is 146 cm³/mol. The van der Waals surface area contributed by atoms with Crippen LogP contribution in [0.25, 0.3) is 6.08 Å². The molecule has 0 saturated heterocycles. The molecule has 9 nitrogen and oxygen atoms in total. The molecule has 1 unspecified atom stereocenters. The number of hydrogen-bond acceptors (Lipinski definition) is 9.